The molecule has 0 bridgehead atoms. The van der Waals surface area contributed by atoms with Gasteiger partial charge >= 0.3 is 0 Å². The van der Waals surface area contributed by atoms with Crippen LogP contribution >= 0.6 is 36.6 Å². The maximum Gasteiger partial charge on any atom is 0.0594 e. The first-order chi connectivity index (χ1) is 37.4. The first-order valence-electron chi connectivity index (χ1n) is 34.7. The maximum atomic E-state index is 9.81. The second-order valence-electron chi connectivity index (χ2n) is 24.2. The number of carbonyl (C=O) groups excluding carboxylic acids is 1. The maximum absolute atomic E-state index is 9.81. The van der Waals surface area contributed by atoms with E-state index in [1.807, 2.05) is 5.32 Å². The lowest BCUT2D eigenvalue weighted by atomic mass is 10.4. The average Bonchev–Trinajstić information content (AvgIpc) is 3.43. The number of hydrogen-bond donors (Lipinski definition) is 1. The molecule has 0 aromatic rings. The van der Waals surface area contributed by atoms with Gasteiger partial charge in [0.2, 0.25) is 0 Å². The van der Waals surface area contributed by atoms with Gasteiger partial charge in [-0.15, -0.1) is 0 Å². The number of carboxylic acid groups (broad SMARTS) is 1. The molecule has 0 aliphatic rings. The molecule has 0 aliphatic heterocycles. The van der Waals surface area contributed by atoms with Crippen LogP contribution < -0.4 is 32.6 Å². The number of carbonyl (C=O) groups is 1. The lowest BCUT2D eigenvalue weighted by molar-refractivity contribution is -0.314. The summed E-state index contributed by atoms with van der Waals surface area (Å²) in [7, 11) is -6.87. The summed E-state index contributed by atoms with van der Waals surface area (Å²) in [5, 5.41) is 11.5. The predicted octanol–water partition coefficient (Wildman–Crippen LogP) is 18.0. The zero-order valence-electron chi connectivity index (χ0n) is 57.0. The van der Waals surface area contributed by atoms with E-state index < -0.39 is 55.4 Å². The zero-order chi connectivity index (χ0) is 60.1. The Kier molecular flexibility index (Phi) is 77.9. The molecule has 6 nitrogen and oxygen atoms in total. The normalized spacial score (nSPS) is 11.8. The number of nitrogens with one attached hydrogen (secondary N) is 1. The molecule has 0 unspecified atom stereocenters. The molecule has 484 valence electrons. The molecule has 0 amide bonds. The molecule has 0 rings (SSSR count). The van der Waals surface area contributed by atoms with Crippen LogP contribution in [-0.2, 0) is 9.36 Å². The molecule has 0 heterocycles. The third-order valence-electron chi connectivity index (χ3n) is 16.4. The minimum Gasteiger partial charge on any atom is -1.00 e. The highest BCUT2D eigenvalue weighted by atomic mass is 35.5. The summed E-state index contributed by atoms with van der Waals surface area (Å²) in [5.74, 6) is -1.45. The highest BCUT2D eigenvalue weighted by molar-refractivity contribution is 7.76. The third kappa shape index (κ3) is 61.1. The van der Waals surface area contributed by atoms with Crippen LogP contribution in [0.4, 0.5) is 0 Å². The van der Waals surface area contributed by atoms with Crippen molar-refractivity contribution in [3.63, 3.8) is 0 Å². The van der Waals surface area contributed by atoms with E-state index in [1.165, 1.54) is 205 Å². The predicted molar refractivity (Wildman–Crippen MR) is 370 cm³/mol. The van der Waals surface area contributed by atoms with E-state index in [-0.39, 0.29) is 12.4 Å². The van der Waals surface area contributed by atoms with Gasteiger partial charge in [0.25, 0.3) is 0 Å². The molecule has 79 heavy (non-hydrogen) atoms. The highest BCUT2D eigenvalue weighted by Gasteiger charge is 2.37. The molecule has 0 aliphatic carbocycles. The Hall–Kier alpha value is 1.59. The Morgan fingerprint density at radius 3 is 0.481 bits per heavy atom. The van der Waals surface area contributed by atoms with Crippen LogP contribution in [0.5, 0.6) is 0 Å². The number of hydrogen-bond acceptors (Lipinski definition) is 6. The first kappa shape index (κ1) is 91.8. The minimum atomic E-state index is -4.62. The van der Waals surface area contributed by atoms with Crippen molar-refractivity contribution in [3.05, 3.63) is 0 Å². The number of halogens is 1. The third-order valence-corrected chi connectivity index (χ3v) is 37.2. The van der Waals surface area contributed by atoms with Crippen LogP contribution in [0.25, 0.3) is 0 Å². The van der Waals surface area contributed by atoms with E-state index in [9.17, 15) is 24.3 Å². The fraction of sp³-hybridized carbons (Fsp3) is 0.985. The molecular weight excluding hydrogens is 1090 g/mol. The molecule has 0 radical (unpaired) electrons. The Labute approximate surface area is 509 Å². The van der Waals surface area contributed by atoms with Crippen molar-refractivity contribution in [2.75, 3.05) is 111 Å². The molecule has 0 saturated heterocycles. The summed E-state index contributed by atoms with van der Waals surface area (Å²) in [6.45, 7) is 37.1. The molecule has 0 atom stereocenters. The van der Waals surface area contributed by atoms with Crippen LogP contribution in [-0.4, -0.2) is 117 Å². The van der Waals surface area contributed by atoms with Gasteiger partial charge in [-0.3, -0.25) is 0 Å². The number of carboxylic acids is 1. The van der Waals surface area contributed by atoms with Gasteiger partial charge in [0.05, 0.1) is 105 Å². The lowest BCUT2D eigenvalue weighted by Crippen LogP contribution is -3.00. The van der Waals surface area contributed by atoms with Gasteiger partial charge in [0.15, 0.2) is 0 Å². The van der Waals surface area contributed by atoms with E-state index in [4.69, 9.17) is 0 Å². The smallest absolute Gasteiger partial charge is 0.0594 e. The van der Waals surface area contributed by atoms with E-state index in [0.717, 1.165) is 0 Å². The average molecular weight is 1240 g/mol. The molecule has 0 saturated carbocycles. The van der Waals surface area contributed by atoms with Crippen molar-refractivity contribution in [3.8, 4) is 0 Å². The van der Waals surface area contributed by atoms with Gasteiger partial charge in [-0.2, -0.15) is 0 Å². The number of unbranched alkanes of at least 4 members (excludes halogenated alkanes) is 16. The minimum absolute atomic E-state index is 0. The Morgan fingerprint density at radius 2 is 0.405 bits per heavy atom. The molecule has 0 spiro atoms. The summed E-state index contributed by atoms with van der Waals surface area (Å²) >= 11 is 0. The zero-order valence-corrected chi connectivity index (χ0v) is 62.2. The van der Waals surface area contributed by atoms with Crippen LogP contribution in [0.3, 0.4) is 0 Å². The van der Waals surface area contributed by atoms with Crippen molar-refractivity contribution >= 4 is 42.6 Å². The second kappa shape index (κ2) is 67.1. The fourth-order valence-corrected chi connectivity index (χ4v) is 32.4. The van der Waals surface area contributed by atoms with E-state index >= 15 is 0 Å². The van der Waals surface area contributed by atoms with Crippen molar-refractivity contribution in [2.45, 2.75) is 316 Å². The number of rotatable bonds is 52. The Bertz CT molecular complexity index is 935. The summed E-state index contributed by atoms with van der Waals surface area (Å²) in [6.07, 6.45) is 70.9. The molecule has 12 heteroatoms. The van der Waals surface area contributed by atoms with Gasteiger partial charge < -0.3 is 42.0 Å². The molecule has 0 fully saturated rings. The summed E-state index contributed by atoms with van der Waals surface area (Å²) in [6, 6.07) is 0. The van der Waals surface area contributed by atoms with Crippen molar-refractivity contribution in [1.82, 2.24) is 5.32 Å². The monoisotopic (exact) mass is 1240 g/mol. The number of aliphatic carboxylic acids is 1. The van der Waals surface area contributed by atoms with Gasteiger partial charge in [0, 0.05) is 41.9 Å². The van der Waals surface area contributed by atoms with Gasteiger partial charge in [-0.1, -0.05) is 221 Å². The molecule has 1 N–H and O–H groups in total. The summed E-state index contributed by atoms with van der Waals surface area (Å²) in [5.41, 5.74) is 0. The van der Waals surface area contributed by atoms with Gasteiger partial charge in [0.1, 0.15) is 0 Å². The lowest BCUT2D eigenvalue weighted by Gasteiger charge is -2.29. The van der Waals surface area contributed by atoms with Crippen LogP contribution in [0.2, 0.25) is 0 Å². The highest BCUT2D eigenvalue weighted by Crippen LogP contribution is 2.64. The largest absolute Gasteiger partial charge is 1.00 e. The van der Waals surface area contributed by atoms with Crippen molar-refractivity contribution < 1.29 is 36.7 Å². The van der Waals surface area contributed by atoms with E-state index in [0.29, 0.717) is 0 Å². The summed E-state index contributed by atoms with van der Waals surface area (Å²) in [4.78, 5) is 29.2. The quantitative estimate of drug-likeness (QED) is 0.0607. The van der Waals surface area contributed by atoms with Gasteiger partial charge in [-0.25, -0.2) is 0 Å². The van der Waals surface area contributed by atoms with Crippen LogP contribution in [0, 0.1) is 0 Å². The molecule has 0 aromatic carbocycles. The molecular formula is C67H149ClNO5P5. The summed E-state index contributed by atoms with van der Waals surface area (Å²) < 4.78 is 9.81. The van der Waals surface area contributed by atoms with Crippen LogP contribution in [0.15, 0.2) is 0 Å². The molecule has 0 aromatic heterocycles. The van der Waals surface area contributed by atoms with Crippen LogP contribution in [0.1, 0.15) is 316 Å². The topological polar surface area (TPSA) is 115 Å². The van der Waals surface area contributed by atoms with Crippen molar-refractivity contribution in [2.24, 2.45) is 0 Å². The second-order valence-corrected chi connectivity index (χ2v) is 43.6. The Balaban J connectivity index is -0.000000212. The fourth-order valence-electron chi connectivity index (χ4n) is 10.9. The Morgan fingerprint density at radius 1 is 0.291 bits per heavy atom. The van der Waals surface area contributed by atoms with Gasteiger partial charge in [-0.05, 0) is 103 Å². The van der Waals surface area contributed by atoms with E-state index in [2.05, 4.69) is 111 Å². The first-order valence-corrected chi connectivity index (χ1v) is 46.6. The SMILES string of the molecule is CCCC[P+](CCCC)(CCCC)CCCC.CCCC[P+](CCCC)(CCCC)CCCC.CCCC[P+](CCCC)(CCCC)CCCC.CCCC[P+](CCCC)(CCCC)CCCC.O=C([O-])CNCP(=O)([O-])[O-].[Cl-]. The van der Waals surface area contributed by atoms with Crippen molar-refractivity contribution in [1.29, 1.82) is 0 Å². The standard InChI is InChI=1S/4C16H36P.C3H8NO5P.ClH/c4*1-5-9-13-17(14-10-6-2,15-11-7-3)16-12-8-4;5-3(6)1-4-2-10(7,8)9;/h4*5-16H2,1-4H3;4H,1-2H2,(H,5,6)(H2,7,8,9);1H/q4*+1;;/p-4. The van der Waals surface area contributed by atoms with E-state index in [1.54, 1.807) is 98.6 Å².